The Morgan fingerprint density at radius 2 is 0.855 bits per heavy atom. The summed E-state index contributed by atoms with van der Waals surface area (Å²) < 4.78 is 12.7. The van der Waals surface area contributed by atoms with Crippen molar-refractivity contribution in [2.24, 2.45) is 17.8 Å². The largest absolute Gasteiger partial charge is 0.494 e. The second-order valence-corrected chi connectivity index (χ2v) is 17.8. The fourth-order valence-electron chi connectivity index (χ4n) is 10.3. The molecule has 4 bridgehead atoms. The Balaban J connectivity index is 1.07. The summed E-state index contributed by atoms with van der Waals surface area (Å²) in [5, 5.41) is 0. The first-order valence-electron chi connectivity index (χ1n) is 20.2. The van der Waals surface area contributed by atoms with Crippen molar-refractivity contribution < 1.29 is 9.31 Å². The van der Waals surface area contributed by atoms with E-state index in [1.165, 1.54) is 44.1 Å². The van der Waals surface area contributed by atoms with E-state index in [9.17, 15) is 0 Å². The average Bonchev–Trinajstić information content (AvgIpc) is 3.43. The molecule has 5 nitrogen and oxygen atoms in total. The summed E-state index contributed by atoms with van der Waals surface area (Å²) in [6, 6.07) is 45.4. The van der Waals surface area contributed by atoms with Crippen LogP contribution in [0.3, 0.4) is 0 Å². The predicted molar refractivity (Wildman–Crippen MR) is 223 cm³/mol. The first-order chi connectivity index (χ1) is 26.6. The second-order valence-electron chi connectivity index (χ2n) is 17.8. The Morgan fingerprint density at radius 1 is 0.455 bits per heavy atom. The molecule has 0 spiro atoms. The molecule has 0 unspecified atom stereocenters. The molecule has 6 aromatic rings. The van der Waals surface area contributed by atoms with Crippen LogP contribution in [0.25, 0.3) is 56.4 Å². The van der Waals surface area contributed by atoms with Crippen LogP contribution in [0.2, 0.25) is 0 Å². The smallest absolute Gasteiger partial charge is 0.399 e. The fraction of sp³-hybridized carbons (Fsp3) is 0.327. The molecule has 0 N–H and O–H groups in total. The van der Waals surface area contributed by atoms with E-state index in [-0.39, 0.29) is 0 Å². The minimum absolute atomic E-state index is 0.341. The van der Waals surface area contributed by atoms with Gasteiger partial charge in [0.2, 0.25) is 0 Å². The average molecular weight is 722 g/mol. The van der Waals surface area contributed by atoms with Gasteiger partial charge in [0.25, 0.3) is 0 Å². The molecule has 55 heavy (non-hydrogen) atoms. The van der Waals surface area contributed by atoms with Crippen LogP contribution in [0.15, 0.2) is 127 Å². The van der Waals surface area contributed by atoms with Crippen molar-refractivity contribution in [3.63, 3.8) is 0 Å². The van der Waals surface area contributed by atoms with Gasteiger partial charge in [0.05, 0.1) is 11.2 Å². The van der Waals surface area contributed by atoms with Gasteiger partial charge in [-0.15, -0.1) is 0 Å². The molecular formula is C49H48BN3O2. The van der Waals surface area contributed by atoms with E-state index in [1.807, 2.05) is 0 Å². The van der Waals surface area contributed by atoms with Gasteiger partial charge in [-0.2, -0.15) is 0 Å². The Morgan fingerprint density at radius 3 is 1.31 bits per heavy atom. The van der Waals surface area contributed by atoms with E-state index in [2.05, 4.69) is 155 Å². The highest BCUT2D eigenvalue weighted by Gasteiger charge is 2.52. The number of rotatable bonds is 7. The lowest BCUT2D eigenvalue weighted by atomic mass is 9.48. The van der Waals surface area contributed by atoms with Crippen molar-refractivity contribution in [3.05, 3.63) is 133 Å². The molecule has 5 aromatic carbocycles. The zero-order chi connectivity index (χ0) is 37.4. The molecule has 0 radical (unpaired) electrons. The van der Waals surface area contributed by atoms with E-state index in [0.29, 0.717) is 22.9 Å². The molecule has 4 aliphatic carbocycles. The number of benzene rings is 5. The van der Waals surface area contributed by atoms with E-state index in [4.69, 9.17) is 24.3 Å². The van der Waals surface area contributed by atoms with E-state index < -0.39 is 18.3 Å². The van der Waals surface area contributed by atoms with Crippen LogP contribution in [0.4, 0.5) is 0 Å². The monoisotopic (exact) mass is 721 g/mol. The molecule has 11 rings (SSSR count). The quantitative estimate of drug-likeness (QED) is 0.154. The maximum atomic E-state index is 6.37. The third-order valence-electron chi connectivity index (χ3n) is 13.5. The summed E-state index contributed by atoms with van der Waals surface area (Å²) >= 11 is 0. The van der Waals surface area contributed by atoms with Gasteiger partial charge in [-0.25, -0.2) is 15.0 Å². The predicted octanol–water partition coefficient (Wildman–Crippen LogP) is 11.0. The second kappa shape index (κ2) is 13.1. The van der Waals surface area contributed by atoms with Crippen molar-refractivity contribution in [3.8, 4) is 56.4 Å². The number of aromatic nitrogens is 3. The molecule has 1 aliphatic heterocycles. The van der Waals surface area contributed by atoms with E-state index >= 15 is 0 Å². The Labute approximate surface area is 325 Å². The first kappa shape index (κ1) is 34.6. The van der Waals surface area contributed by atoms with Crippen LogP contribution < -0.4 is 5.46 Å². The SMILES string of the molecule is CC1(C)OB(c2ccc(-c3nc(-c4ccc(C56CC7CC(CC(C7)C5)C6)cc4)nc(-c4cc(-c5ccccc5)cc(-c5ccccc5)c4)n3)cc2)OC1(C)C. The lowest BCUT2D eigenvalue weighted by Crippen LogP contribution is -2.48. The summed E-state index contributed by atoms with van der Waals surface area (Å²) in [7, 11) is -0.437. The minimum Gasteiger partial charge on any atom is -0.399 e. The zero-order valence-electron chi connectivity index (χ0n) is 32.3. The van der Waals surface area contributed by atoms with Crippen molar-refractivity contribution in [2.45, 2.75) is 82.8 Å². The molecule has 6 heteroatoms. The van der Waals surface area contributed by atoms with Gasteiger partial charge in [-0.1, -0.05) is 109 Å². The normalized spacial score (nSPS) is 24.7. The number of nitrogens with zero attached hydrogens (tertiary/aromatic N) is 3. The molecule has 1 saturated heterocycles. The third-order valence-corrected chi connectivity index (χ3v) is 13.5. The summed E-state index contributed by atoms with van der Waals surface area (Å²) in [5.74, 6) is 4.68. The van der Waals surface area contributed by atoms with Crippen LogP contribution in [0.1, 0.15) is 71.8 Å². The van der Waals surface area contributed by atoms with Crippen LogP contribution in [0, 0.1) is 17.8 Å². The molecule has 274 valence electrons. The number of hydrogen-bond acceptors (Lipinski definition) is 5. The van der Waals surface area contributed by atoms with Gasteiger partial charge in [0, 0.05) is 16.7 Å². The summed E-state index contributed by atoms with van der Waals surface area (Å²) in [5.41, 5.74) is 9.40. The fourth-order valence-corrected chi connectivity index (χ4v) is 10.3. The molecule has 1 aromatic heterocycles. The maximum Gasteiger partial charge on any atom is 0.494 e. The van der Waals surface area contributed by atoms with Gasteiger partial charge in [-0.3, -0.25) is 0 Å². The minimum atomic E-state index is -0.437. The Hall–Kier alpha value is -4.91. The van der Waals surface area contributed by atoms with Gasteiger partial charge in [-0.05, 0) is 141 Å². The lowest BCUT2D eigenvalue weighted by molar-refractivity contribution is -0.00518. The van der Waals surface area contributed by atoms with Crippen LogP contribution in [-0.2, 0) is 14.7 Å². The highest BCUT2D eigenvalue weighted by Crippen LogP contribution is 2.60. The van der Waals surface area contributed by atoms with E-state index in [0.717, 1.165) is 62.2 Å². The Kier molecular flexibility index (Phi) is 8.24. The molecule has 0 amide bonds. The molecule has 4 saturated carbocycles. The molecule has 5 fully saturated rings. The van der Waals surface area contributed by atoms with Gasteiger partial charge < -0.3 is 9.31 Å². The van der Waals surface area contributed by atoms with Crippen LogP contribution >= 0.6 is 0 Å². The first-order valence-corrected chi connectivity index (χ1v) is 20.2. The highest BCUT2D eigenvalue weighted by molar-refractivity contribution is 6.62. The summed E-state index contributed by atoms with van der Waals surface area (Å²) in [6.07, 6.45) is 8.39. The summed E-state index contributed by atoms with van der Waals surface area (Å²) in [6.45, 7) is 8.34. The molecule has 5 aliphatic rings. The number of hydrogen-bond donors (Lipinski definition) is 0. The highest BCUT2D eigenvalue weighted by atomic mass is 16.7. The topological polar surface area (TPSA) is 57.1 Å². The maximum absolute atomic E-state index is 6.37. The van der Waals surface area contributed by atoms with Crippen LogP contribution in [-0.4, -0.2) is 33.3 Å². The lowest BCUT2D eigenvalue weighted by Gasteiger charge is -2.57. The van der Waals surface area contributed by atoms with Crippen molar-refractivity contribution in [1.82, 2.24) is 15.0 Å². The van der Waals surface area contributed by atoms with Crippen molar-refractivity contribution in [2.75, 3.05) is 0 Å². The zero-order valence-corrected chi connectivity index (χ0v) is 32.3. The summed E-state index contributed by atoms with van der Waals surface area (Å²) in [4.78, 5) is 15.6. The third kappa shape index (κ3) is 6.34. The Bertz CT molecular complexity index is 2250. The van der Waals surface area contributed by atoms with Crippen LogP contribution in [0.5, 0.6) is 0 Å². The van der Waals surface area contributed by atoms with E-state index in [1.54, 1.807) is 0 Å². The van der Waals surface area contributed by atoms with Crippen molar-refractivity contribution in [1.29, 1.82) is 0 Å². The van der Waals surface area contributed by atoms with Gasteiger partial charge >= 0.3 is 7.12 Å². The van der Waals surface area contributed by atoms with Gasteiger partial charge in [0.1, 0.15) is 0 Å². The van der Waals surface area contributed by atoms with Gasteiger partial charge in [0.15, 0.2) is 17.5 Å². The molecular weight excluding hydrogens is 673 g/mol. The van der Waals surface area contributed by atoms with Crippen molar-refractivity contribution >= 4 is 12.6 Å². The molecule has 2 heterocycles. The molecule has 0 atom stereocenters. The standard InChI is InChI=1S/C49H48BN3O2/c1-47(2)48(3,4)55-50(54-47)43-21-17-38(18-22-43)45-51-44(37-15-19-42(20-16-37)49-29-32-23-33(30-49)25-34(24-32)31-49)52-46(53-45)41-27-39(35-11-7-5-8-12-35)26-40(28-41)36-13-9-6-10-14-36/h5-22,26-28,32-34H,23-25,29-31H2,1-4H3.